The van der Waals surface area contributed by atoms with E-state index in [1.54, 1.807) is 18.2 Å². The second-order valence-electron chi connectivity index (χ2n) is 6.21. The summed E-state index contributed by atoms with van der Waals surface area (Å²) in [7, 11) is 0. The molecule has 0 saturated carbocycles. The summed E-state index contributed by atoms with van der Waals surface area (Å²) in [6.45, 7) is 4.85. The Labute approximate surface area is 179 Å². The van der Waals surface area contributed by atoms with E-state index in [9.17, 15) is 4.79 Å². The summed E-state index contributed by atoms with van der Waals surface area (Å²) in [6, 6.07) is 9.95. The molecule has 8 heteroatoms. The molecular weight excluding hydrogens is 427 g/mol. The largest absolute Gasteiger partial charge is 0.494 e. The van der Waals surface area contributed by atoms with Crippen LogP contribution in [-0.4, -0.2) is 17.6 Å². The molecule has 0 heterocycles. The molecule has 4 nitrogen and oxygen atoms in total. The first-order chi connectivity index (χ1) is 12.8. The summed E-state index contributed by atoms with van der Waals surface area (Å²) < 4.78 is 5.68. The number of ether oxygens (including phenoxy) is 1. The second-order valence-corrected chi connectivity index (χ2v) is 7.84. The molecular formula is C19H19Cl3N2O2S. The number of benzene rings is 2. The van der Waals surface area contributed by atoms with Crippen LogP contribution >= 0.6 is 47.0 Å². The van der Waals surface area contributed by atoms with Crippen molar-refractivity contribution in [2.45, 2.75) is 20.3 Å². The van der Waals surface area contributed by atoms with Gasteiger partial charge in [0.1, 0.15) is 5.75 Å². The normalized spacial score (nSPS) is 10.6. The number of hydrogen-bond donors (Lipinski definition) is 2. The van der Waals surface area contributed by atoms with E-state index in [4.69, 9.17) is 51.8 Å². The number of halogens is 3. The lowest BCUT2D eigenvalue weighted by Crippen LogP contribution is -2.34. The van der Waals surface area contributed by atoms with Crippen molar-refractivity contribution in [3.8, 4) is 5.75 Å². The molecule has 2 rings (SSSR count). The maximum atomic E-state index is 12.4. The van der Waals surface area contributed by atoms with Gasteiger partial charge in [0, 0.05) is 5.56 Å². The van der Waals surface area contributed by atoms with Crippen LogP contribution in [0.4, 0.5) is 5.69 Å². The van der Waals surface area contributed by atoms with Crippen molar-refractivity contribution in [2.75, 3.05) is 11.9 Å². The molecule has 0 aliphatic carbocycles. The van der Waals surface area contributed by atoms with Gasteiger partial charge in [-0.25, -0.2) is 0 Å². The highest BCUT2D eigenvalue weighted by molar-refractivity contribution is 7.80. The lowest BCUT2D eigenvalue weighted by molar-refractivity contribution is 0.0977. The number of carbonyl (C=O) groups excluding carboxylic acids is 1. The SMILES string of the molecule is CC(C)CCOc1cccc(C(=O)NC(=S)Nc2cc(Cl)c(Cl)cc2Cl)c1. The molecule has 0 saturated heterocycles. The molecule has 0 radical (unpaired) electrons. The highest BCUT2D eigenvalue weighted by Crippen LogP contribution is 2.32. The van der Waals surface area contributed by atoms with Crippen molar-refractivity contribution in [3.05, 3.63) is 57.0 Å². The van der Waals surface area contributed by atoms with Crippen LogP contribution in [-0.2, 0) is 0 Å². The molecule has 0 unspecified atom stereocenters. The molecule has 2 aromatic rings. The second kappa shape index (κ2) is 10.1. The third-order valence-electron chi connectivity index (χ3n) is 3.55. The summed E-state index contributed by atoms with van der Waals surface area (Å²) in [5.41, 5.74) is 0.878. The molecule has 27 heavy (non-hydrogen) atoms. The molecule has 0 spiro atoms. The van der Waals surface area contributed by atoms with E-state index in [0.717, 1.165) is 6.42 Å². The van der Waals surface area contributed by atoms with E-state index < -0.39 is 0 Å². The minimum absolute atomic E-state index is 0.0893. The molecule has 1 amide bonds. The van der Waals surface area contributed by atoms with Gasteiger partial charge < -0.3 is 10.1 Å². The zero-order chi connectivity index (χ0) is 20.0. The highest BCUT2D eigenvalue weighted by atomic mass is 35.5. The quantitative estimate of drug-likeness (QED) is 0.410. The molecule has 0 aliphatic heterocycles. The Morgan fingerprint density at radius 1 is 1.11 bits per heavy atom. The summed E-state index contributed by atoms with van der Waals surface area (Å²) in [5, 5.41) is 6.51. The van der Waals surface area contributed by atoms with Gasteiger partial charge in [-0.3, -0.25) is 10.1 Å². The lowest BCUT2D eigenvalue weighted by atomic mass is 10.1. The van der Waals surface area contributed by atoms with Crippen LogP contribution in [0.15, 0.2) is 36.4 Å². The molecule has 2 N–H and O–H groups in total. The Balaban J connectivity index is 1.98. The fourth-order valence-corrected chi connectivity index (χ4v) is 2.88. The van der Waals surface area contributed by atoms with Crippen molar-refractivity contribution in [2.24, 2.45) is 5.92 Å². The van der Waals surface area contributed by atoms with E-state index >= 15 is 0 Å². The Morgan fingerprint density at radius 2 is 1.81 bits per heavy atom. The van der Waals surface area contributed by atoms with E-state index in [1.807, 2.05) is 6.07 Å². The van der Waals surface area contributed by atoms with Gasteiger partial charge in [0.2, 0.25) is 0 Å². The maximum Gasteiger partial charge on any atom is 0.257 e. The Hall–Kier alpha value is -1.53. The summed E-state index contributed by atoms with van der Waals surface area (Å²) >= 11 is 23.1. The van der Waals surface area contributed by atoms with Gasteiger partial charge >= 0.3 is 0 Å². The number of carbonyl (C=O) groups is 1. The molecule has 2 aromatic carbocycles. The van der Waals surface area contributed by atoms with Crippen molar-refractivity contribution in [3.63, 3.8) is 0 Å². The smallest absolute Gasteiger partial charge is 0.257 e. The number of thiocarbonyl (C=S) groups is 1. The molecule has 0 aromatic heterocycles. The monoisotopic (exact) mass is 444 g/mol. The predicted octanol–water partition coefficient (Wildman–Crippen LogP) is 6.20. The first-order valence-electron chi connectivity index (χ1n) is 8.26. The topological polar surface area (TPSA) is 50.4 Å². The van der Waals surface area contributed by atoms with Gasteiger partial charge in [-0.15, -0.1) is 0 Å². The Morgan fingerprint density at radius 3 is 2.52 bits per heavy atom. The fourth-order valence-electron chi connectivity index (χ4n) is 2.09. The number of nitrogens with one attached hydrogen (secondary N) is 2. The van der Waals surface area contributed by atoms with Gasteiger partial charge in [-0.1, -0.05) is 54.7 Å². The average molecular weight is 446 g/mol. The van der Waals surface area contributed by atoms with Gasteiger partial charge in [0.25, 0.3) is 5.91 Å². The minimum atomic E-state index is -0.363. The molecule has 0 fully saturated rings. The maximum absolute atomic E-state index is 12.4. The van der Waals surface area contributed by atoms with E-state index in [0.29, 0.717) is 44.6 Å². The van der Waals surface area contributed by atoms with Crippen LogP contribution in [0.2, 0.25) is 15.1 Å². The number of anilines is 1. The fraction of sp³-hybridized carbons (Fsp3) is 0.263. The van der Waals surface area contributed by atoms with Gasteiger partial charge in [0.05, 0.1) is 27.4 Å². The van der Waals surface area contributed by atoms with Crippen molar-refractivity contribution < 1.29 is 9.53 Å². The molecule has 144 valence electrons. The van der Waals surface area contributed by atoms with E-state index in [-0.39, 0.29) is 11.0 Å². The van der Waals surface area contributed by atoms with Crippen LogP contribution in [0.5, 0.6) is 5.75 Å². The van der Waals surface area contributed by atoms with Crippen molar-refractivity contribution in [1.29, 1.82) is 0 Å². The molecule has 0 bridgehead atoms. The lowest BCUT2D eigenvalue weighted by Gasteiger charge is -2.13. The van der Waals surface area contributed by atoms with Gasteiger partial charge in [-0.05, 0) is 54.9 Å². The first kappa shape index (κ1) is 21.8. The first-order valence-corrected chi connectivity index (χ1v) is 9.80. The third kappa shape index (κ3) is 6.85. The van der Waals surface area contributed by atoms with Crippen molar-refractivity contribution >= 4 is 63.7 Å². The Kier molecular flexibility index (Phi) is 8.17. The number of amides is 1. The summed E-state index contributed by atoms with van der Waals surface area (Å²) in [5.74, 6) is 0.820. The highest BCUT2D eigenvalue weighted by Gasteiger charge is 2.12. The zero-order valence-corrected chi connectivity index (χ0v) is 17.9. The van der Waals surface area contributed by atoms with Crippen molar-refractivity contribution in [1.82, 2.24) is 5.32 Å². The molecule has 0 aliphatic rings. The van der Waals surface area contributed by atoms with Gasteiger partial charge in [-0.2, -0.15) is 0 Å². The van der Waals surface area contributed by atoms with Crippen LogP contribution in [0, 0.1) is 5.92 Å². The van der Waals surface area contributed by atoms with Crippen LogP contribution in [0.3, 0.4) is 0 Å². The van der Waals surface area contributed by atoms with Crippen LogP contribution in [0.25, 0.3) is 0 Å². The number of rotatable bonds is 6. The van der Waals surface area contributed by atoms with Crippen LogP contribution < -0.4 is 15.4 Å². The number of hydrogen-bond acceptors (Lipinski definition) is 3. The minimum Gasteiger partial charge on any atom is -0.494 e. The van der Waals surface area contributed by atoms with E-state index in [1.165, 1.54) is 12.1 Å². The average Bonchev–Trinajstić information content (AvgIpc) is 2.59. The van der Waals surface area contributed by atoms with E-state index in [2.05, 4.69) is 24.5 Å². The van der Waals surface area contributed by atoms with Gasteiger partial charge in [0.15, 0.2) is 5.11 Å². The summed E-state index contributed by atoms with van der Waals surface area (Å²) in [4.78, 5) is 12.4. The predicted molar refractivity (Wildman–Crippen MR) is 117 cm³/mol. The molecule has 0 atom stereocenters. The zero-order valence-electron chi connectivity index (χ0n) is 14.8. The Bertz CT molecular complexity index is 844. The van der Waals surface area contributed by atoms with Crippen LogP contribution in [0.1, 0.15) is 30.6 Å². The summed E-state index contributed by atoms with van der Waals surface area (Å²) in [6.07, 6.45) is 0.939. The third-order valence-corrected chi connectivity index (χ3v) is 4.78. The standard InChI is InChI=1S/C19H19Cl3N2O2S/c1-11(2)6-7-26-13-5-3-4-12(8-13)18(25)24-19(27)23-17-10-15(21)14(20)9-16(17)22/h3-5,8-11H,6-7H2,1-2H3,(H2,23,24,25,27).